The van der Waals surface area contributed by atoms with Crippen LogP contribution in [-0.2, 0) is 9.59 Å². The molecule has 1 aliphatic rings. The van der Waals surface area contributed by atoms with Crippen molar-refractivity contribution in [3.8, 4) is 0 Å². The van der Waals surface area contributed by atoms with Crippen LogP contribution in [0.2, 0.25) is 0 Å². The molecule has 0 saturated heterocycles. The molecule has 0 spiro atoms. The second-order valence-electron chi connectivity index (χ2n) is 6.60. The van der Waals surface area contributed by atoms with Gasteiger partial charge in [-0.25, -0.2) is 10.5 Å². The van der Waals surface area contributed by atoms with Gasteiger partial charge in [-0.05, 0) is 31.8 Å². The summed E-state index contributed by atoms with van der Waals surface area (Å²) in [6.07, 6.45) is 13.0. The molecule has 1 aromatic heterocycles. The summed E-state index contributed by atoms with van der Waals surface area (Å²) in [5, 5.41) is 14.5. The lowest BCUT2D eigenvalue weighted by Crippen LogP contribution is -2.40. The molecule has 1 atom stereocenters. The second kappa shape index (κ2) is 10.5. The minimum Gasteiger partial charge on any atom is -0.357 e. The van der Waals surface area contributed by atoms with Crippen molar-refractivity contribution in [2.75, 3.05) is 11.9 Å². The SMILES string of the molecule is C[C@@H](Nc1cnc(C=CC(=O)NO)cn1)C(=O)NCC1CCCCCC1. The van der Waals surface area contributed by atoms with E-state index >= 15 is 0 Å². The van der Waals surface area contributed by atoms with Gasteiger partial charge in [-0.1, -0.05) is 25.7 Å². The second-order valence-corrected chi connectivity index (χ2v) is 6.60. The van der Waals surface area contributed by atoms with Gasteiger partial charge < -0.3 is 10.6 Å². The number of amides is 2. The summed E-state index contributed by atoms with van der Waals surface area (Å²) in [4.78, 5) is 31.5. The van der Waals surface area contributed by atoms with Gasteiger partial charge in [0, 0.05) is 12.6 Å². The molecule has 0 bridgehead atoms. The van der Waals surface area contributed by atoms with Crippen LogP contribution >= 0.6 is 0 Å². The van der Waals surface area contributed by atoms with Crippen LogP contribution in [0.3, 0.4) is 0 Å². The third-order valence-corrected chi connectivity index (χ3v) is 4.48. The van der Waals surface area contributed by atoms with Gasteiger partial charge in [0.05, 0.1) is 18.1 Å². The monoisotopic (exact) mass is 361 g/mol. The largest absolute Gasteiger partial charge is 0.357 e. The van der Waals surface area contributed by atoms with Crippen molar-refractivity contribution in [3.63, 3.8) is 0 Å². The van der Waals surface area contributed by atoms with Crippen LogP contribution in [-0.4, -0.2) is 39.6 Å². The molecule has 2 amide bonds. The lowest BCUT2D eigenvalue weighted by Gasteiger charge is -2.18. The molecule has 1 aliphatic carbocycles. The Hall–Kier alpha value is -2.48. The van der Waals surface area contributed by atoms with E-state index in [4.69, 9.17) is 5.21 Å². The van der Waals surface area contributed by atoms with Gasteiger partial charge in [-0.15, -0.1) is 0 Å². The first-order valence-electron chi connectivity index (χ1n) is 9.07. The van der Waals surface area contributed by atoms with Crippen molar-refractivity contribution in [2.24, 2.45) is 5.92 Å². The summed E-state index contributed by atoms with van der Waals surface area (Å²) in [5.74, 6) is 0.356. The van der Waals surface area contributed by atoms with Gasteiger partial charge in [-0.3, -0.25) is 19.8 Å². The summed E-state index contributed by atoms with van der Waals surface area (Å²) in [5.41, 5.74) is 1.96. The van der Waals surface area contributed by atoms with Gasteiger partial charge >= 0.3 is 0 Å². The molecule has 1 saturated carbocycles. The molecule has 2 rings (SSSR count). The van der Waals surface area contributed by atoms with Crippen LogP contribution in [0.5, 0.6) is 0 Å². The number of aromatic nitrogens is 2. The Balaban J connectivity index is 1.78. The molecule has 0 radical (unpaired) electrons. The zero-order valence-corrected chi connectivity index (χ0v) is 15.1. The normalized spacial score (nSPS) is 16.7. The van der Waals surface area contributed by atoms with Crippen LogP contribution in [0.4, 0.5) is 5.82 Å². The Morgan fingerprint density at radius 3 is 2.58 bits per heavy atom. The quantitative estimate of drug-likeness (QED) is 0.255. The van der Waals surface area contributed by atoms with E-state index in [0.29, 0.717) is 17.4 Å². The molecule has 1 aromatic rings. The maximum atomic E-state index is 12.3. The highest BCUT2D eigenvalue weighted by molar-refractivity contribution is 5.90. The van der Waals surface area contributed by atoms with Crippen molar-refractivity contribution >= 4 is 23.7 Å². The third-order valence-electron chi connectivity index (χ3n) is 4.48. The zero-order valence-electron chi connectivity index (χ0n) is 15.1. The predicted molar refractivity (Wildman–Crippen MR) is 98.3 cm³/mol. The van der Waals surface area contributed by atoms with Gasteiger partial charge in [0.1, 0.15) is 11.9 Å². The number of hydrogen-bond donors (Lipinski definition) is 4. The molecule has 0 aromatic carbocycles. The number of carbonyl (C=O) groups is 2. The van der Waals surface area contributed by atoms with E-state index < -0.39 is 11.9 Å². The Morgan fingerprint density at radius 1 is 1.23 bits per heavy atom. The van der Waals surface area contributed by atoms with Crippen molar-refractivity contribution in [1.82, 2.24) is 20.8 Å². The standard InChI is InChI=1S/C18H27N5O3/c1-13(18(25)21-10-14-6-4-2-3-5-7-14)22-16-12-19-15(11-20-16)8-9-17(24)23-26/h8-9,11-14,26H,2-7,10H2,1H3,(H,20,22)(H,21,25)(H,23,24)/t13-/m1/s1. The Labute approximate surface area is 153 Å². The first-order valence-corrected chi connectivity index (χ1v) is 9.07. The molecule has 8 nitrogen and oxygen atoms in total. The van der Waals surface area contributed by atoms with Crippen LogP contribution in [0.25, 0.3) is 6.08 Å². The lowest BCUT2D eigenvalue weighted by molar-refractivity contribution is -0.124. The van der Waals surface area contributed by atoms with Crippen molar-refractivity contribution in [3.05, 3.63) is 24.2 Å². The van der Waals surface area contributed by atoms with E-state index in [1.165, 1.54) is 62.5 Å². The molecule has 4 N–H and O–H groups in total. The van der Waals surface area contributed by atoms with Crippen molar-refractivity contribution in [1.29, 1.82) is 0 Å². The Bertz CT molecular complexity index is 610. The van der Waals surface area contributed by atoms with Gasteiger partial charge in [0.15, 0.2) is 0 Å². The predicted octanol–water partition coefficient (Wildman–Crippen LogP) is 1.88. The van der Waals surface area contributed by atoms with E-state index in [9.17, 15) is 9.59 Å². The van der Waals surface area contributed by atoms with E-state index in [0.717, 1.165) is 12.6 Å². The van der Waals surface area contributed by atoms with Gasteiger partial charge in [-0.2, -0.15) is 0 Å². The summed E-state index contributed by atoms with van der Waals surface area (Å²) >= 11 is 0. The average molecular weight is 361 g/mol. The van der Waals surface area contributed by atoms with E-state index in [1.54, 1.807) is 6.92 Å². The third kappa shape index (κ3) is 6.79. The number of hydrogen-bond acceptors (Lipinski definition) is 6. The topological polar surface area (TPSA) is 116 Å². The molecular formula is C18H27N5O3. The fourth-order valence-electron chi connectivity index (χ4n) is 2.95. The highest BCUT2D eigenvalue weighted by Crippen LogP contribution is 2.22. The summed E-state index contributed by atoms with van der Waals surface area (Å²) in [6, 6.07) is -0.420. The summed E-state index contributed by atoms with van der Waals surface area (Å²) < 4.78 is 0. The Kier molecular flexibility index (Phi) is 8.01. The van der Waals surface area contributed by atoms with Gasteiger partial charge in [0.2, 0.25) is 5.91 Å². The van der Waals surface area contributed by atoms with Crippen LogP contribution in [0.15, 0.2) is 18.5 Å². The maximum Gasteiger partial charge on any atom is 0.267 e. The minimum atomic E-state index is -0.645. The van der Waals surface area contributed by atoms with E-state index in [-0.39, 0.29) is 5.91 Å². The summed E-state index contributed by atoms with van der Waals surface area (Å²) in [6.45, 7) is 2.51. The smallest absolute Gasteiger partial charge is 0.267 e. The molecular weight excluding hydrogens is 334 g/mol. The number of nitrogens with zero attached hydrogens (tertiary/aromatic N) is 2. The van der Waals surface area contributed by atoms with Crippen molar-refractivity contribution < 1.29 is 14.8 Å². The van der Waals surface area contributed by atoms with Crippen LogP contribution in [0, 0.1) is 5.92 Å². The molecule has 1 fully saturated rings. The molecule has 1 heterocycles. The fraction of sp³-hybridized carbons (Fsp3) is 0.556. The first-order chi connectivity index (χ1) is 12.6. The number of carbonyl (C=O) groups excluding carboxylic acids is 2. The molecule has 0 unspecified atom stereocenters. The molecule has 142 valence electrons. The number of anilines is 1. The van der Waals surface area contributed by atoms with E-state index in [2.05, 4.69) is 20.6 Å². The molecule has 8 heteroatoms. The first kappa shape index (κ1) is 19.8. The molecule has 0 aliphatic heterocycles. The highest BCUT2D eigenvalue weighted by Gasteiger charge is 2.17. The number of nitrogens with one attached hydrogen (secondary N) is 3. The lowest BCUT2D eigenvalue weighted by atomic mass is 10.0. The summed E-state index contributed by atoms with van der Waals surface area (Å²) in [7, 11) is 0. The number of hydroxylamine groups is 1. The van der Waals surface area contributed by atoms with E-state index in [1.807, 2.05) is 0 Å². The minimum absolute atomic E-state index is 0.0559. The van der Waals surface area contributed by atoms with Crippen LogP contribution in [0.1, 0.15) is 51.1 Å². The average Bonchev–Trinajstić information content (AvgIpc) is 2.94. The molecule has 26 heavy (non-hydrogen) atoms. The zero-order chi connectivity index (χ0) is 18.8. The Morgan fingerprint density at radius 2 is 1.96 bits per heavy atom. The fourth-order valence-corrected chi connectivity index (χ4v) is 2.95. The number of rotatable bonds is 7. The maximum absolute atomic E-state index is 12.3. The van der Waals surface area contributed by atoms with Gasteiger partial charge in [0.25, 0.3) is 5.91 Å². The highest BCUT2D eigenvalue weighted by atomic mass is 16.5. The van der Waals surface area contributed by atoms with Crippen molar-refractivity contribution in [2.45, 2.75) is 51.5 Å². The van der Waals surface area contributed by atoms with Crippen LogP contribution < -0.4 is 16.1 Å².